The zero-order valence-electron chi connectivity index (χ0n) is 18.1. The molecule has 0 saturated carbocycles. The molecule has 0 bridgehead atoms. The third kappa shape index (κ3) is 3.90. The van der Waals surface area contributed by atoms with Gasteiger partial charge in [-0.15, -0.1) is 0 Å². The maximum Gasteiger partial charge on any atom is 0.295 e. The SMILES string of the molecule is CCCN1C(=O)C(=O)/C(=C(\O)c2ccc3c(c2)CCO3)C1c1ccc(OC(C)C)cc1. The molecule has 4 rings (SSSR count). The Morgan fingerprint density at radius 2 is 1.94 bits per heavy atom. The van der Waals surface area contributed by atoms with Crippen molar-refractivity contribution in [2.75, 3.05) is 13.2 Å². The standard InChI is InChI=1S/C25H27NO5/c1-4-12-26-22(16-5-8-19(9-6-16)31-15(2)3)21(24(28)25(26)29)23(27)18-7-10-20-17(14-18)11-13-30-20/h5-10,14-15,22,27H,4,11-13H2,1-3H3/b23-21-. The first-order chi connectivity index (χ1) is 14.9. The fraction of sp³-hybridized carbons (Fsp3) is 0.360. The maximum absolute atomic E-state index is 13.0. The summed E-state index contributed by atoms with van der Waals surface area (Å²) in [6.07, 6.45) is 1.50. The van der Waals surface area contributed by atoms with E-state index in [1.807, 2.05) is 51.1 Å². The molecule has 6 heteroatoms. The quantitative estimate of drug-likeness (QED) is 0.429. The Morgan fingerprint density at radius 3 is 2.61 bits per heavy atom. The van der Waals surface area contributed by atoms with Crippen molar-refractivity contribution in [2.24, 2.45) is 0 Å². The van der Waals surface area contributed by atoms with Gasteiger partial charge >= 0.3 is 0 Å². The van der Waals surface area contributed by atoms with Crippen molar-refractivity contribution in [2.45, 2.75) is 45.8 Å². The molecular formula is C25H27NO5. The minimum atomic E-state index is -0.657. The molecule has 1 unspecified atom stereocenters. The highest BCUT2D eigenvalue weighted by Crippen LogP contribution is 2.40. The number of carbonyl (C=O) groups is 2. The van der Waals surface area contributed by atoms with Crippen molar-refractivity contribution in [1.82, 2.24) is 4.90 Å². The molecule has 1 fully saturated rings. The number of ketones is 1. The molecule has 2 aromatic rings. The fourth-order valence-electron chi connectivity index (χ4n) is 4.19. The summed E-state index contributed by atoms with van der Waals surface area (Å²) >= 11 is 0. The Hall–Kier alpha value is -3.28. The van der Waals surface area contributed by atoms with Crippen molar-refractivity contribution in [3.8, 4) is 11.5 Å². The van der Waals surface area contributed by atoms with Crippen LogP contribution in [0.15, 0.2) is 48.0 Å². The van der Waals surface area contributed by atoms with Gasteiger partial charge in [-0.3, -0.25) is 9.59 Å². The minimum absolute atomic E-state index is 0.0420. The van der Waals surface area contributed by atoms with Gasteiger partial charge in [0, 0.05) is 18.5 Å². The smallest absolute Gasteiger partial charge is 0.295 e. The van der Waals surface area contributed by atoms with Gasteiger partial charge in [-0.25, -0.2) is 0 Å². The zero-order valence-corrected chi connectivity index (χ0v) is 18.1. The molecule has 2 aliphatic heterocycles. The van der Waals surface area contributed by atoms with Crippen molar-refractivity contribution in [3.63, 3.8) is 0 Å². The summed E-state index contributed by atoms with van der Waals surface area (Å²) in [4.78, 5) is 27.3. The Bertz CT molecular complexity index is 1040. The van der Waals surface area contributed by atoms with Crippen LogP contribution in [0.1, 0.15) is 49.9 Å². The van der Waals surface area contributed by atoms with Crippen LogP contribution in [0.5, 0.6) is 11.5 Å². The molecule has 1 atom stereocenters. The molecule has 31 heavy (non-hydrogen) atoms. The summed E-state index contributed by atoms with van der Waals surface area (Å²) in [5.74, 6) is 0.111. The van der Waals surface area contributed by atoms with Crippen LogP contribution in [0.25, 0.3) is 5.76 Å². The fourth-order valence-corrected chi connectivity index (χ4v) is 4.19. The molecule has 6 nitrogen and oxygen atoms in total. The highest BCUT2D eigenvalue weighted by atomic mass is 16.5. The molecule has 162 valence electrons. The van der Waals surface area contributed by atoms with E-state index in [2.05, 4.69) is 0 Å². The topological polar surface area (TPSA) is 76.1 Å². The molecule has 2 heterocycles. The second-order valence-corrected chi connectivity index (χ2v) is 8.15. The van der Waals surface area contributed by atoms with Gasteiger partial charge in [-0.1, -0.05) is 19.1 Å². The number of ether oxygens (including phenoxy) is 2. The van der Waals surface area contributed by atoms with Crippen LogP contribution in [0.4, 0.5) is 0 Å². The van der Waals surface area contributed by atoms with Crippen molar-refractivity contribution in [1.29, 1.82) is 0 Å². The van der Waals surface area contributed by atoms with Crippen LogP contribution < -0.4 is 9.47 Å². The van der Waals surface area contributed by atoms with Crippen LogP contribution in [-0.4, -0.2) is 41.0 Å². The normalized spacial score (nSPS) is 19.6. The van der Waals surface area contributed by atoms with Crippen LogP contribution in [0, 0.1) is 0 Å². The zero-order chi connectivity index (χ0) is 22.1. The van der Waals surface area contributed by atoms with E-state index >= 15 is 0 Å². The van der Waals surface area contributed by atoms with Gasteiger partial charge in [0.05, 0.1) is 24.3 Å². The third-order valence-electron chi connectivity index (χ3n) is 5.53. The summed E-state index contributed by atoms with van der Waals surface area (Å²) in [5, 5.41) is 11.1. The number of benzene rings is 2. The first kappa shape index (κ1) is 21.0. The van der Waals surface area contributed by atoms with E-state index in [0.717, 1.165) is 23.3 Å². The molecule has 1 saturated heterocycles. The van der Waals surface area contributed by atoms with E-state index in [1.165, 1.54) is 0 Å². The van der Waals surface area contributed by atoms with Crippen LogP contribution >= 0.6 is 0 Å². The Morgan fingerprint density at radius 1 is 1.19 bits per heavy atom. The second kappa shape index (κ2) is 8.46. The number of carbonyl (C=O) groups excluding carboxylic acids is 2. The predicted molar refractivity (Wildman–Crippen MR) is 117 cm³/mol. The summed E-state index contributed by atoms with van der Waals surface area (Å²) in [5.41, 5.74) is 2.38. The molecule has 1 N–H and O–H groups in total. The van der Waals surface area contributed by atoms with E-state index in [9.17, 15) is 14.7 Å². The molecule has 2 aliphatic rings. The summed E-state index contributed by atoms with van der Waals surface area (Å²) in [6, 6.07) is 12.1. The number of hydrogen-bond acceptors (Lipinski definition) is 5. The van der Waals surface area contributed by atoms with Crippen LogP contribution in [0.3, 0.4) is 0 Å². The number of aliphatic hydroxyl groups is 1. The van der Waals surface area contributed by atoms with Gasteiger partial charge in [0.2, 0.25) is 0 Å². The van der Waals surface area contributed by atoms with E-state index in [1.54, 1.807) is 17.0 Å². The maximum atomic E-state index is 13.0. The van der Waals surface area contributed by atoms with E-state index in [0.29, 0.717) is 30.9 Å². The van der Waals surface area contributed by atoms with Gasteiger partial charge in [0.25, 0.3) is 11.7 Å². The van der Waals surface area contributed by atoms with Crippen molar-refractivity contribution < 1.29 is 24.2 Å². The highest BCUT2D eigenvalue weighted by molar-refractivity contribution is 6.46. The molecule has 0 aliphatic carbocycles. The van der Waals surface area contributed by atoms with Crippen molar-refractivity contribution in [3.05, 3.63) is 64.7 Å². The Labute approximate surface area is 182 Å². The van der Waals surface area contributed by atoms with E-state index in [4.69, 9.17) is 9.47 Å². The molecular weight excluding hydrogens is 394 g/mol. The third-order valence-corrected chi connectivity index (χ3v) is 5.53. The van der Waals surface area contributed by atoms with Crippen molar-refractivity contribution >= 4 is 17.4 Å². The van der Waals surface area contributed by atoms with E-state index in [-0.39, 0.29) is 17.4 Å². The minimum Gasteiger partial charge on any atom is -0.507 e. The molecule has 0 aromatic heterocycles. The molecule has 1 amide bonds. The first-order valence-electron chi connectivity index (χ1n) is 10.7. The van der Waals surface area contributed by atoms with E-state index < -0.39 is 17.7 Å². The molecule has 0 radical (unpaired) electrons. The summed E-state index contributed by atoms with van der Waals surface area (Å²) in [7, 11) is 0. The van der Waals surface area contributed by atoms with Crippen LogP contribution in [-0.2, 0) is 16.0 Å². The molecule has 2 aromatic carbocycles. The number of hydrogen-bond donors (Lipinski definition) is 1. The number of Topliss-reactive ketones (excluding diaryl/α,β-unsaturated/α-hetero) is 1. The number of fused-ring (bicyclic) bond motifs is 1. The lowest BCUT2D eigenvalue weighted by atomic mass is 9.94. The second-order valence-electron chi connectivity index (χ2n) is 8.15. The Balaban J connectivity index is 1.79. The van der Waals surface area contributed by atoms with Gasteiger partial charge < -0.3 is 19.5 Å². The summed E-state index contributed by atoms with van der Waals surface area (Å²) < 4.78 is 11.2. The van der Waals surface area contributed by atoms with Gasteiger partial charge in [0.1, 0.15) is 17.3 Å². The van der Waals surface area contributed by atoms with Gasteiger partial charge in [-0.05, 0) is 61.7 Å². The van der Waals surface area contributed by atoms with Crippen LogP contribution in [0.2, 0.25) is 0 Å². The Kier molecular flexibility index (Phi) is 5.72. The average molecular weight is 421 g/mol. The number of nitrogens with zero attached hydrogens (tertiary/aromatic N) is 1. The van der Waals surface area contributed by atoms with Gasteiger partial charge in [0.15, 0.2) is 0 Å². The lowest BCUT2D eigenvalue weighted by Crippen LogP contribution is -2.30. The largest absolute Gasteiger partial charge is 0.507 e. The average Bonchev–Trinajstić information content (AvgIpc) is 3.31. The number of amides is 1. The summed E-state index contributed by atoms with van der Waals surface area (Å²) in [6.45, 7) is 6.88. The first-order valence-corrected chi connectivity index (χ1v) is 10.7. The number of likely N-dealkylation sites (tertiary alicyclic amines) is 1. The number of rotatable bonds is 6. The highest BCUT2D eigenvalue weighted by Gasteiger charge is 2.45. The molecule has 0 spiro atoms. The lowest BCUT2D eigenvalue weighted by molar-refractivity contribution is -0.139. The lowest BCUT2D eigenvalue weighted by Gasteiger charge is -2.25. The monoisotopic (exact) mass is 421 g/mol. The van der Waals surface area contributed by atoms with Gasteiger partial charge in [-0.2, -0.15) is 0 Å². The number of aliphatic hydroxyl groups excluding tert-OH is 1. The predicted octanol–water partition coefficient (Wildman–Crippen LogP) is 4.24.